The molecule has 0 fully saturated rings. The highest BCUT2D eigenvalue weighted by atomic mass is 35.5. The quantitative estimate of drug-likeness (QED) is 0.797. The topological polar surface area (TPSA) is 33.0 Å². The molecule has 0 aliphatic heterocycles. The lowest BCUT2D eigenvalue weighted by Gasteiger charge is -2.20. The van der Waals surface area contributed by atoms with Gasteiger partial charge >= 0.3 is 0 Å². The van der Waals surface area contributed by atoms with Crippen molar-refractivity contribution in [2.45, 2.75) is 26.7 Å². The molecule has 16 heavy (non-hydrogen) atoms. The number of halogens is 1. The molecule has 1 atom stereocenters. The average molecular weight is 238 g/mol. The van der Waals surface area contributed by atoms with E-state index in [1.165, 1.54) is 0 Å². The Balaban J connectivity index is 3.04. The van der Waals surface area contributed by atoms with Crippen LogP contribution >= 0.6 is 11.6 Å². The summed E-state index contributed by atoms with van der Waals surface area (Å²) in [7, 11) is 1.63. The van der Waals surface area contributed by atoms with Crippen LogP contribution in [-0.4, -0.2) is 7.11 Å². The van der Waals surface area contributed by atoms with Crippen LogP contribution in [0.15, 0.2) is 18.2 Å². The highest BCUT2D eigenvalue weighted by molar-refractivity contribution is 6.30. The molecule has 0 radical (unpaired) electrons. The van der Waals surface area contributed by atoms with Crippen molar-refractivity contribution in [1.29, 1.82) is 5.26 Å². The van der Waals surface area contributed by atoms with Gasteiger partial charge in [0.25, 0.3) is 0 Å². The zero-order valence-electron chi connectivity index (χ0n) is 9.88. The van der Waals surface area contributed by atoms with Crippen LogP contribution in [0.25, 0.3) is 0 Å². The molecular weight excluding hydrogens is 222 g/mol. The third-order valence-corrected chi connectivity index (χ3v) is 3.11. The van der Waals surface area contributed by atoms with Gasteiger partial charge in [-0.2, -0.15) is 5.26 Å². The lowest BCUT2D eigenvalue weighted by atomic mass is 9.82. The second-order valence-corrected chi connectivity index (χ2v) is 4.60. The molecule has 1 unspecified atom stereocenters. The van der Waals surface area contributed by atoms with Crippen LogP contribution in [0.2, 0.25) is 5.02 Å². The van der Waals surface area contributed by atoms with Crippen LogP contribution in [0.3, 0.4) is 0 Å². The van der Waals surface area contributed by atoms with Gasteiger partial charge < -0.3 is 4.74 Å². The minimum atomic E-state index is -0.363. The van der Waals surface area contributed by atoms with E-state index in [1.54, 1.807) is 13.2 Å². The Morgan fingerprint density at radius 1 is 1.50 bits per heavy atom. The van der Waals surface area contributed by atoms with Gasteiger partial charge in [0.2, 0.25) is 0 Å². The molecule has 0 spiro atoms. The summed E-state index contributed by atoms with van der Waals surface area (Å²) in [5.41, 5.74) is 0.624. The number of hydrogen-bond acceptors (Lipinski definition) is 2. The van der Waals surface area contributed by atoms with E-state index < -0.39 is 0 Å². The summed E-state index contributed by atoms with van der Waals surface area (Å²) >= 11 is 5.95. The molecule has 86 valence electrons. The number of hydrogen-bond donors (Lipinski definition) is 0. The number of nitrogens with zero attached hydrogens (tertiary/aromatic N) is 1. The number of ether oxygens (including phenoxy) is 1. The maximum absolute atomic E-state index is 9.16. The Hall–Kier alpha value is -1.20. The summed E-state index contributed by atoms with van der Waals surface area (Å²) < 4.78 is 5.27. The van der Waals surface area contributed by atoms with E-state index in [2.05, 4.69) is 6.07 Å². The highest BCUT2D eigenvalue weighted by Crippen LogP contribution is 2.31. The molecular formula is C13H16ClNO. The number of benzene rings is 1. The maximum atomic E-state index is 9.16. The van der Waals surface area contributed by atoms with Crippen molar-refractivity contribution in [2.75, 3.05) is 7.11 Å². The highest BCUT2D eigenvalue weighted by Gasteiger charge is 2.23. The average Bonchev–Trinajstić information content (AvgIpc) is 2.29. The van der Waals surface area contributed by atoms with Crippen molar-refractivity contribution in [3.8, 4) is 11.8 Å². The molecule has 0 heterocycles. The molecule has 2 nitrogen and oxygen atoms in total. The first-order valence-corrected chi connectivity index (χ1v) is 5.66. The summed E-state index contributed by atoms with van der Waals surface area (Å²) in [5.74, 6) is 0.791. The number of methoxy groups -OCH3 is 1. The van der Waals surface area contributed by atoms with Crippen LogP contribution in [0, 0.1) is 16.7 Å². The molecule has 0 saturated carbocycles. The fourth-order valence-corrected chi connectivity index (χ4v) is 1.74. The summed E-state index contributed by atoms with van der Waals surface area (Å²) in [6.45, 7) is 3.97. The zero-order valence-corrected chi connectivity index (χ0v) is 10.6. The molecule has 0 aliphatic carbocycles. The van der Waals surface area contributed by atoms with Crippen molar-refractivity contribution in [3.63, 3.8) is 0 Å². The molecule has 0 bridgehead atoms. The van der Waals surface area contributed by atoms with E-state index in [-0.39, 0.29) is 5.41 Å². The number of rotatable bonds is 4. The Morgan fingerprint density at radius 2 is 2.19 bits per heavy atom. The molecule has 3 heteroatoms. The molecule has 1 aromatic carbocycles. The molecule has 1 rings (SSSR count). The molecule has 0 N–H and O–H groups in total. The van der Waals surface area contributed by atoms with E-state index in [0.717, 1.165) is 17.7 Å². The van der Waals surface area contributed by atoms with Crippen LogP contribution < -0.4 is 4.74 Å². The van der Waals surface area contributed by atoms with E-state index in [9.17, 15) is 0 Å². The van der Waals surface area contributed by atoms with Crippen LogP contribution in [-0.2, 0) is 6.42 Å². The minimum absolute atomic E-state index is 0.363. The molecule has 1 aromatic rings. The number of nitriles is 1. The third-order valence-electron chi connectivity index (χ3n) is 2.87. The first kappa shape index (κ1) is 12.9. The Kier molecular flexibility index (Phi) is 4.20. The van der Waals surface area contributed by atoms with Crippen LogP contribution in [0.4, 0.5) is 0 Å². The SMILES string of the molecule is CCC(C)(C#N)Cc1cc(Cl)ccc1OC. The minimum Gasteiger partial charge on any atom is -0.496 e. The van der Waals surface area contributed by atoms with Crippen molar-refractivity contribution >= 4 is 11.6 Å². The normalized spacial score (nSPS) is 13.9. The predicted octanol–water partition coefficient (Wildman–Crippen LogP) is 3.83. The monoisotopic (exact) mass is 237 g/mol. The first-order valence-electron chi connectivity index (χ1n) is 5.28. The molecule has 0 saturated heterocycles. The second-order valence-electron chi connectivity index (χ2n) is 4.16. The lowest BCUT2D eigenvalue weighted by molar-refractivity contribution is 0.385. The van der Waals surface area contributed by atoms with Gasteiger partial charge in [-0.05, 0) is 43.5 Å². The Bertz CT molecular complexity index is 411. The van der Waals surface area contributed by atoms with Gasteiger partial charge in [0.05, 0.1) is 18.6 Å². The molecule has 0 aromatic heterocycles. The van der Waals surface area contributed by atoms with Crippen molar-refractivity contribution < 1.29 is 4.74 Å². The standard InChI is InChI=1S/C13H16ClNO/c1-4-13(2,9-15)8-10-7-11(14)5-6-12(10)16-3/h5-7H,4,8H2,1-3H3. The summed E-state index contributed by atoms with van der Waals surface area (Å²) in [4.78, 5) is 0. The smallest absolute Gasteiger partial charge is 0.122 e. The van der Waals surface area contributed by atoms with Gasteiger partial charge in [0.15, 0.2) is 0 Å². The van der Waals surface area contributed by atoms with Gasteiger partial charge in [-0.1, -0.05) is 18.5 Å². The summed E-state index contributed by atoms with van der Waals surface area (Å²) in [5, 5.41) is 9.83. The zero-order chi connectivity index (χ0) is 12.2. The third kappa shape index (κ3) is 2.90. The summed E-state index contributed by atoms with van der Waals surface area (Å²) in [6.07, 6.45) is 1.46. The van der Waals surface area contributed by atoms with E-state index in [0.29, 0.717) is 11.4 Å². The largest absolute Gasteiger partial charge is 0.496 e. The Labute approximate surface area is 102 Å². The van der Waals surface area contributed by atoms with E-state index in [1.807, 2.05) is 26.0 Å². The Morgan fingerprint density at radius 3 is 2.69 bits per heavy atom. The first-order chi connectivity index (χ1) is 7.54. The van der Waals surface area contributed by atoms with Gasteiger partial charge in [-0.15, -0.1) is 0 Å². The fraction of sp³-hybridized carbons (Fsp3) is 0.462. The van der Waals surface area contributed by atoms with Gasteiger partial charge in [0.1, 0.15) is 5.75 Å². The maximum Gasteiger partial charge on any atom is 0.122 e. The molecule has 0 amide bonds. The predicted molar refractivity (Wildman–Crippen MR) is 65.7 cm³/mol. The van der Waals surface area contributed by atoms with Crippen molar-refractivity contribution in [3.05, 3.63) is 28.8 Å². The van der Waals surface area contributed by atoms with Gasteiger partial charge in [-0.3, -0.25) is 0 Å². The van der Waals surface area contributed by atoms with Gasteiger partial charge in [-0.25, -0.2) is 0 Å². The van der Waals surface area contributed by atoms with Crippen molar-refractivity contribution in [2.24, 2.45) is 5.41 Å². The van der Waals surface area contributed by atoms with E-state index >= 15 is 0 Å². The summed E-state index contributed by atoms with van der Waals surface area (Å²) in [6, 6.07) is 7.85. The second kappa shape index (κ2) is 5.23. The van der Waals surface area contributed by atoms with Gasteiger partial charge in [0, 0.05) is 5.02 Å². The molecule has 0 aliphatic rings. The van der Waals surface area contributed by atoms with E-state index in [4.69, 9.17) is 21.6 Å². The lowest BCUT2D eigenvalue weighted by Crippen LogP contribution is -2.16. The van der Waals surface area contributed by atoms with Crippen LogP contribution in [0.5, 0.6) is 5.75 Å². The fourth-order valence-electron chi connectivity index (χ4n) is 1.55. The van der Waals surface area contributed by atoms with Crippen molar-refractivity contribution in [1.82, 2.24) is 0 Å². The van der Waals surface area contributed by atoms with Crippen LogP contribution in [0.1, 0.15) is 25.8 Å².